The predicted octanol–water partition coefficient (Wildman–Crippen LogP) is 5.13. The average Bonchev–Trinajstić information content (AvgIpc) is 3.32. The van der Waals surface area contributed by atoms with Crippen LogP contribution in [0.5, 0.6) is 0 Å². The minimum Gasteiger partial charge on any atom is -0.333 e. The van der Waals surface area contributed by atoms with E-state index in [0.29, 0.717) is 5.92 Å². The number of hydrogen-bond acceptors (Lipinski definition) is 3. The van der Waals surface area contributed by atoms with Crippen LogP contribution < -0.4 is 5.32 Å². The second kappa shape index (κ2) is 9.06. The normalized spacial score (nSPS) is 22.7. The number of carbonyl (C=O) groups is 1. The molecule has 2 aliphatic carbocycles. The predicted molar refractivity (Wildman–Crippen MR) is 123 cm³/mol. The molecule has 1 aromatic heterocycles. The lowest BCUT2D eigenvalue weighted by molar-refractivity contribution is -0.0659. The number of fused-ring (bicyclic) bond motifs is 2. The number of aromatic nitrogens is 2. The first kappa shape index (κ1) is 22.5. The van der Waals surface area contributed by atoms with Gasteiger partial charge in [0, 0.05) is 13.1 Å². The Kier molecular flexibility index (Phi) is 6.38. The van der Waals surface area contributed by atoms with Gasteiger partial charge in [-0.05, 0) is 79.3 Å². The Morgan fingerprint density at radius 1 is 1.41 bits per heavy atom. The van der Waals surface area contributed by atoms with Gasteiger partial charge in [0.1, 0.15) is 5.82 Å². The van der Waals surface area contributed by atoms with Crippen molar-refractivity contribution in [3.63, 3.8) is 0 Å². The number of halogens is 1. The highest BCUT2D eigenvalue weighted by Crippen LogP contribution is 2.54. The van der Waals surface area contributed by atoms with E-state index in [1.807, 2.05) is 10.9 Å². The molecule has 1 aromatic carbocycles. The van der Waals surface area contributed by atoms with Gasteiger partial charge in [0.25, 0.3) is 0 Å². The maximum Gasteiger partial charge on any atom is 0.341 e. The Balaban J connectivity index is 1.54. The van der Waals surface area contributed by atoms with E-state index in [0.717, 1.165) is 49.9 Å². The molecule has 172 valence electrons. The summed E-state index contributed by atoms with van der Waals surface area (Å²) < 4.78 is 15.3. The van der Waals surface area contributed by atoms with Crippen molar-refractivity contribution in [2.45, 2.75) is 58.4 Å². The molecular formula is C25H33FN4O2. The van der Waals surface area contributed by atoms with Crippen LogP contribution in [-0.2, 0) is 11.3 Å². The molecule has 3 unspecified atom stereocenters. The largest absolute Gasteiger partial charge is 0.341 e. The molecule has 0 saturated heterocycles. The van der Waals surface area contributed by atoms with Crippen molar-refractivity contribution in [3.05, 3.63) is 53.1 Å². The smallest absolute Gasteiger partial charge is 0.333 e. The molecule has 6 nitrogen and oxygen atoms in total. The number of carbonyl (C=O) groups excluding carboxylic acids is 1. The third kappa shape index (κ3) is 4.18. The Morgan fingerprint density at radius 3 is 2.84 bits per heavy atom. The van der Waals surface area contributed by atoms with Gasteiger partial charge >= 0.3 is 6.03 Å². The van der Waals surface area contributed by atoms with Crippen molar-refractivity contribution in [2.75, 3.05) is 14.2 Å². The third-order valence-corrected chi connectivity index (χ3v) is 7.32. The van der Waals surface area contributed by atoms with Crippen LogP contribution in [0.1, 0.15) is 57.2 Å². The molecule has 1 N–H and O–H groups in total. The molecule has 2 amide bonds. The first-order valence-corrected chi connectivity index (χ1v) is 11.5. The van der Waals surface area contributed by atoms with Gasteiger partial charge in [-0.25, -0.2) is 18.9 Å². The molecule has 32 heavy (non-hydrogen) atoms. The first-order valence-electron chi connectivity index (χ1n) is 11.5. The van der Waals surface area contributed by atoms with E-state index in [1.165, 1.54) is 35.4 Å². The number of hydrogen-bond donors (Lipinski definition) is 1. The minimum atomic E-state index is -0.246. The number of benzene rings is 1. The van der Waals surface area contributed by atoms with E-state index in [1.54, 1.807) is 19.2 Å². The number of hydroxylamine groups is 2. The molecule has 1 fully saturated rings. The van der Waals surface area contributed by atoms with Crippen molar-refractivity contribution in [3.8, 4) is 5.69 Å². The van der Waals surface area contributed by atoms with Crippen molar-refractivity contribution in [1.29, 1.82) is 0 Å². The summed E-state index contributed by atoms with van der Waals surface area (Å²) in [7, 11) is 3.12. The standard InChI is InChI=1S/C25H33FN4O2/c1-5-6-21(28-24(31)29(3)32-4)13-18-7-8-19-14-23-17(15-25(18,19)2)16-27-30(23)22-11-9-20(26)10-12-22/h9-12,14,16,18,21H,5-8,13,15H2,1-4H3,(H,28,31). The average molecular weight is 441 g/mol. The summed E-state index contributed by atoms with van der Waals surface area (Å²) in [6.07, 6.45) is 10.3. The third-order valence-electron chi connectivity index (χ3n) is 7.32. The number of nitrogens with one attached hydrogen (secondary N) is 1. The molecule has 2 aromatic rings. The summed E-state index contributed by atoms with van der Waals surface area (Å²) in [6.45, 7) is 4.51. The van der Waals surface area contributed by atoms with Crippen LogP contribution in [0.3, 0.4) is 0 Å². The summed E-state index contributed by atoms with van der Waals surface area (Å²) in [5.74, 6) is 0.241. The zero-order valence-electron chi connectivity index (χ0n) is 19.4. The highest BCUT2D eigenvalue weighted by Gasteiger charge is 2.46. The SMILES string of the molecule is CCCC(CC1CCC2=Cc3c(cnn3-c3ccc(F)cc3)CC21C)NC(=O)N(C)OC. The highest BCUT2D eigenvalue weighted by atomic mass is 19.1. The maximum atomic E-state index is 13.4. The number of allylic oxidation sites excluding steroid dienone is 1. The van der Waals surface area contributed by atoms with Crippen LogP contribution in [0.15, 0.2) is 36.0 Å². The van der Waals surface area contributed by atoms with Crippen LogP contribution in [-0.4, -0.2) is 41.1 Å². The highest BCUT2D eigenvalue weighted by molar-refractivity contribution is 5.73. The minimum absolute atomic E-state index is 0.0630. The summed E-state index contributed by atoms with van der Waals surface area (Å²) in [6, 6.07) is 6.39. The Morgan fingerprint density at radius 2 is 2.16 bits per heavy atom. The lowest BCUT2D eigenvalue weighted by atomic mass is 9.68. The van der Waals surface area contributed by atoms with Gasteiger partial charge < -0.3 is 5.32 Å². The molecule has 3 atom stereocenters. The fraction of sp³-hybridized carbons (Fsp3) is 0.520. The Hall–Kier alpha value is -2.67. The van der Waals surface area contributed by atoms with Crippen LogP contribution in [0, 0.1) is 17.2 Å². The van der Waals surface area contributed by atoms with Crippen LogP contribution in [0.4, 0.5) is 9.18 Å². The van der Waals surface area contributed by atoms with Crippen molar-refractivity contribution < 1.29 is 14.0 Å². The molecule has 0 bridgehead atoms. The zero-order valence-corrected chi connectivity index (χ0v) is 19.4. The van der Waals surface area contributed by atoms with Gasteiger partial charge in [0.15, 0.2) is 0 Å². The van der Waals surface area contributed by atoms with E-state index < -0.39 is 0 Å². The van der Waals surface area contributed by atoms with Gasteiger partial charge in [-0.15, -0.1) is 0 Å². The summed E-state index contributed by atoms with van der Waals surface area (Å²) in [5.41, 5.74) is 4.71. The van der Waals surface area contributed by atoms with Crippen LogP contribution >= 0.6 is 0 Å². The van der Waals surface area contributed by atoms with Gasteiger partial charge in [-0.2, -0.15) is 5.10 Å². The Labute approximate surface area is 189 Å². The van der Waals surface area contributed by atoms with Crippen LogP contribution in [0.2, 0.25) is 0 Å². The van der Waals surface area contributed by atoms with Crippen molar-refractivity contribution in [1.82, 2.24) is 20.2 Å². The van der Waals surface area contributed by atoms with E-state index in [2.05, 4.69) is 30.3 Å². The fourth-order valence-electron chi connectivity index (χ4n) is 5.39. The summed E-state index contributed by atoms with van der Waals surface area (Å²) >= 11 is 0. The van der Waals surface area contributed by atoms with E-state index in [9.17, 15) is 9.18 Å². The van der Waals surface area contributed by atoms with Gasteiger partial charge in [-0.3, -0.25) is 4.84 Å². The second-order valence-corrected chi connectivity index (χ2v) is 9.29. The van der Waals surface area contributed by atoms with Crippen LogP contribution in [0.25, 0.3) is 11.8 Å². The maximum absolute atomic E-state index is 13.4. The molecule has 1 heterocycles. The molecule has 0 aliphatic heterocycles. The van der Waals surface area contributed by atoms with Gasteiger partial charge in [-0.1, -0.05) is 25.8 Å². The lowest BCUT2D eigenvalue weighted by Crippen LogP contribution is -2.44. The number of urea groups is 1. The van der Waals surface area contributed by atoms with E-state index in [-0.39, 0.29) is 23.3 Å². The van der Waals surface area contributed by atoms with Gasteiger partial charge in [0.2, 0.25) is 0 Å². The van der Waals surface area contributed by atoms with E-state index >= 15 is 0 Å². The molecule has 0 spiro atoms. The molecule has 0 radical (unpaired) electrons. The molecular weight excluding hydrogens is 407 g/mol. The molecule has 1 saturated carbocycles. The number of rotatable bonds is 7. The quantitative estimate of drug-likeness (QED) is 0.608. The number of amides is 2. The summed E-state index contributed by atoms with van der Waals surface area (Å²) in [4.78, 5) is 17.4. The molecule has 4 rings (SSSR count). The zero-order chi connectivity index (χ0) is 22.9. The van der Waals surface area contributed by atoms with Gasteiger partial charge in [0.05, 0.1) is 24.7 Å². The topological polar surface area (TPSA) is 59.4 Å². The second-order valence-electron chi connectivity index (χ2n) is 9.29. The summed E-state index contributed by atoms with van der Waals surface area (Å²) in [5, 5.41) is 9.00. The lowest BCUT2D eigenvalue weighted by Gasteiger charge is -2.37. The number of nitrogens with zero attached hydrogens (tertiary/aromatic N) is 3. The Bertz CT molecular complexity index is 1000. The van der Waals surface area contributed by atoms with Crippen molar-refractivity contribution in [2.24, 2.45) is 11.3 Å². The van der Waals surface area contributed by atoms with Crippen molar-refractivity contribution >= 4 is 12.1 Å². The molecule has 2 aliphatic rings. The molecule has 7 heteroatoms. The van der Waals surface area contributed by atoms with E-state index in [4.69, 9.17) is 4.84 Å². The first-order chi connectivity index (χ1) is 15.4. The fourth-order valence-corrected chi connectivity index (χ4v) is 5.39. The monoisotopic (exact) mass is 440 g/mol.